The van der Waals surface area contributed by atoms with Gasteiger partial charge in [0.1, 0.15) is 29.1 Å². The smallest absolute Gasteiger partial charge is 0.257 e. The van der Waals surface area contributed by atoms with Gasteiger partial charge in [-0.1, -0.05) is 17.4 Å². The molecule has 0 saturated carbocycles. The Morgan fingerprint density at radius 1 is 1.05 bits per heavy atom. The van der Waals surface area contributed by atoms with Crippen LogP contribution in [0.3, 0.4) is 0 Å². The fraction of sp³-hybridized carbons (Fsp3) is 0.148. The number of amides is 1. The number of aromatic nitrogens is 1. The van der Waals surface area contributed by atoms with Gasteiger partial charge in [-0.15, -0.1) is 0 Å². The second-order valence-electron chi connectivity index (χ2n) is 8.33. The van der Waals surface area contributed by atoms with E-state index in [9.17, 15) is 18.3 Å². The van der Waals surface area contributed by atoms with Crippen LogP contribution in [0.15, 0.2) is 77.8 Å². The summed E-state index contributed by atoms with van der Waals surface area (Å²) < 4.78 is 40.7. The molecule has 3 aromatic carbocycles. The van der Waals surface area contributed by atoms with Crippen LogP contribution < -0.4 is 19.5 Å². The number of hydrogen-bond acceptors (Lipinski definition) is 10. The van der Waals surface area contributed by atoms with Crippen molar-refractivity contribution in [2.45, 2.75) is 17.9 Å². The van der Waals surface area contributed by atoms with E-state index in [1.165, 1.54) is 42.6 Å². The number of aliphatic hydroxyl groups is 1. The van der Waals surface area contributed by atoms with Crippen molar-refractivity contribution in [3.8, 4) is 34.1 Å². The highest BCUT2D eigenvalue weighted by atomic mass is 32.2. The van der Waals surface area contributed by atoms with Crippen molar-refractivity contribution in [2.75, 3.05) is 18.2 Å². The molecule has 12 heteroatoms. The number of carbonyl (C=O) groups excluding carboxylic acids is 1. The molecule has 0 unspecified atom stereocenters. The summed E-state index contributed by atoms with van der Waals surface area (Å²) in [4.78, 5) is 17.4. The van der Waals surface area contributed by atoms with Gasteiger partial charge in [-0.05, 0) is 61.5 Å². The second kappa shape index (κ2) is 12.0. The third-order valence-corrected chi connectivity index (χ3v) is 7.03. The summed E-state index contributed by atoms with van der Waals surface area (Å²) in [6, 6.07) is 19.1. The highest BCUT2D eigenvalue weighted by molar-refractivity contribution is 7.90. The number of nitriles is 1. The summed E-state index contributed by atoms with van der Waals surface area (Å²) in [6.45, 7) is 1.43. The summed E-state index contributed by atoms with van der Waals surface area (Å²) in [5.74, 6) is 0.859. The lowest BCUT2D eigenvalue weighted by Crippen LogP contribution is -2.17. The Bertz CT molecular complexity index is 1630. The lowest BCUT2D eigenvalue weighted by molar-refractivity contribution is 0.102. The SMILES string of the molecule is C[C@@H](CO)Oc1cc(Oc2ccc(S(C)(=O)=O)cc2)cc(C(=O)Nc2ncc(Oc3cccc(C#N)c3)s2)c1. The number of nitrogens with zero attached hydrogens (tertiary/aromatic N) is 2. The minimum atomic E-state index is -3.36. The molecule has 200 valence electrons. The van der Waals surface area contributed by atoms with Crippen molar-refractivity contribution in [3.05, 3.63) is 84.1 Å². The number of anilines is 1. The normalized spacial score (nSPS) is 11.7. The van der Waals surface area contributed by atoms with E-state index in [0.29, 0.717) is 22.1 Å². The summed E-state index contributed by atoms with van der Waals surface area (Å²) in [5, 5.41) is 21.8. The minimum absolute atomic E-state index is 0.147. The van der Waals surface area contributed by atoms with Crippen LogP contribution in [0.5, 0.6) is 28.1 Å². The maximum absolute atomic E-state index is 13.1. The number of rotatable bonds is 10. The van der Waals surface area contributed by atoms with Gasteiger partial charge in [-0.2, -0.15) is 5.26 Å². The van der Waals surface area contributed by atoms with Gasteiger partial charge < -0.3 is 19.3 Å². The first-order chi connectivity index (χ1) is 18.6. The Morgan fingerprint density at radius 2 is 1.79 bits per heavy atom. The van der Waals surface area contributed by atoms with Crippen molar-refractivity contribution >= 4 is 32.2 Å². The van der Waals surface area contributed by atoms with Crippen LogP contribution in [0.1, 0.15) is 22.8 Å². The zero-order valence-electron chi connectivity index (χ0n) is 20.8. The van der Waals surface area contributed by atoms with E-state index in [-0.39, 0.29) is 33.7 Å². The van der Waals surface area contributed by atoms with Gasteiger partial charge in [-0.3, -0.25) is 10.1 Å². The van der Waals surface area contributed by atoms with E-state index in [1.54, 1.807) is 37.3 Å². The first-order valence-corrected chi connectivity index (χ1v) is 14.2. The molecule has 0 aliphatic rings. The van der Waals surface area contributed by atoms with Crippen LogP contribution in [-0.2, 0) is 9.84 Å². The van der Waals surface area contributed by atoms with Crippen LogP contribution in [0.25, 0.3) is 0 Å². The Hall–Kier alpha value is -4.44. The molecule has 0 fully saturated rings. The lowest BCUT2D eigenvalue weighted by atomic mass is 10.2. The average molecular weight is 566 g/mol. The number of thiazole rings is 1. The van der Waals surface area contributed by atoms with E-state index in [2.05, 4.69) is 10.3 Å². The van der Waals surface area contributed by atoms with E-state index in [0.717, 1.165) is 17.6 Å². The van der Waals surface area contributed by atoms with Gasteiger partial charge in [0.25, 0.3) is 5.91 Å². The van der Waals surface area contributed by atoms with Gasteiger partial charge in [0.05, 0.1) is 29.3 Å². The third kappa shape index (κ3) is 7.55. The van der Waals surface area contributed by atoms with Crippen LogP contribution in [0.4, 0.5) is 5.13 Å². The molecule has 0 bridgehead atoms. The largest absolute Gasteiger partial charge is 0.488 e. The molecule has 0 spiro atoms. The van der Waals surface area contributed by atoms with Crippen molar-refractivity contribution in [3.63, 3.8) is 0 Å². The average Bonchev–Trinajstić information content (AvgIpc) is 3.34. The molecule has 39 heavy (non-hydrogen) atoms. The van der Waals surface area contributed by atoms with Crippen molar-refractivity contribution in [1.29, 1.82) is 5.26 Å². The first kappa shape index (κ1) is 27.6. The molecule has 2 N–H and O–H groups in total. The standard InChI is InChI=1S/C27H23N3O7S2/c1-17(16-31)35-22-11-19(12-23(13-22)36-20-6-8-24(9-7-20)39(2,33)34)26(32)30-27-29-15-25(38-27)37-21-5-3-4-18(10-21)14-28/h3-13,15,17,31H,16H2,1-2H3,(H,29,30,32)/t17-/m0/s1. The molecule has 10 nitrogen and oxygen atoms in total. The summed E-state index contributed by atoms with van der Waals surface area (Å²) in [6.07, 6.45) is 2.03. The Kier molecular flexibility index (Phi) is 8.46. The molecule has 0 saturated heterocycles. The van der Waals surface area contributed by atoms with Crippen molar-refractivity contribution in [2.24, 2.45) is 0 Å². The minimum Gasteiger partial charge on any atom is -0.488 e. The predicted octanol–water partition coefficient (Wildman–Crippen LogP) is 5.01. The Morgan fingerprint density at radius 3 is 2.49 bits per heavy atom. The number of aliphatic hydroxyl groups excluding tert-OH is 1. The fourth-order valence-electron chi connectivity index (χ4n) is 3.27. The van der Waals surface area contributed by atoms with Crippen LogP contribution in [-0.4, -0.2) is 43.4 Å². The zero-order chi connectivity index (χ0) is 28.0. The van der Waals surface area contributed by atoms with Gasteiger partial charge in [-0.25, -0.2) is 13.4 Å². The highest BCUT2D eigenvalue weighted by Gasteiger charge is 2.16. The van der Waals surface area contributed by atoms with Crippen molar-refractivity contribution < 1.29 is 32.5 Å². The quantitative estimate of drug-likeness (QED) is 0.270. The fourth-order valence-corrected chi connectivity index (χ4v) is 4.58. The third-order valence-electron chi connectivity index (χ3n) is 5.11. The summed E-state index contributed by atoms with van der Waals surface area (Å²) in [7, 11) is -3.36. The molecule has 4 aromatic rings. The maximum atomic E-state index is 13.1. The summed E-state index contributed by atoms with van der Waals surface area (Å²) >= 11 is 1.10. The lowest BCUT2D eigenvalue weighted by Gasteiger charge is -2.15. The summed E-state index contributed by atoms with van der Waals surface area (Å²) in [5.41, 5.74) is 0.646. The molecule has 4 rings (SSSR count). The number of carbonyl (C=O) groups is 1. The zero-order valence-corrected chi connectivity index (χ0v) is 22.5. The van der Waals surface area contributed by atoms with Gasteiger partial charge in [0, 0.05) is 17.9 Å². The number of nitrogens with one attached hydrogen (secondary N) is 1. The first-order valence-electron chi connectivity index (χ1n) is 11.5. The van der Waals surface area contributed by atoms with E-state index in [1.807, 2.05) is 6.07 Å². The molecule has 0 aliphatic carbocycles. The molecule has 1 amide bonds. The number of ether oxygens (including phenoxy) is 3. The second-order valence-corrected chi connectivity index (χ2v) is 11.3. The molecule has 1 aromatic heterocycles. The molecule has 0 aliphatic heterocycles. The highest BCUT2D eigenvalue weighted by Crippen LogP contribution is 2.32. The number of sulfone groups is 1. The Balaban J connectivity index is 1.53. The topological polar surface area (TPSA) is 148 Å². The molecular weight excluding hydrogens is 542 g/mol. The monoisotopic (exact) mass is 565 g/mol. The van der Waals surface area contributed by atoms with Crippen LogP contribution >= 0.6 is 11.3 Å². The number of hydrogen-bond donors (Lipinski definition) is 2. The van der Waals surface area contributed by atoms with Crippen molar-refractivity contribution in [1.82, 2.24) is 4.98 Å². The molecule has 1 heterocycles. The molecule has 0 radical (unpaired) electrons. The van der Waals surface area contributed by atoms with Gasteiger partial charge >= 0.3 is 0 Å². The van der Waals surface area contributed by atoms with Gasteiger partial charge in [0.2, 0.25) is 5.06 Å². The maximum Gasteiger partial charge on any atom is 0.257 e. The predicted molar refractivity (Wildman–Crippen MR) is 145 cm³/mol. The van der Waals surface area contributed by atoms with Gasteiger partial charge in [0.15, 0.2) is 15.0 Å². The Labute approximate surface area is 229 Å². The number of benzene rings is 3. The molecule has 1 atom stereocenters. The van der Waals surface area contributed by atoms with Crippen LogP contribution in [0.2, 0.25) is 0 Å². The van der Waals surface area contributed by atoms with E-state index < -0.39 is 21.8 Å². The van der Waals surface area contributed by atoms with E-state index in [4.69, 9.17) is 19.5 Å². The van der Waals surface area contributed by atoms with Crippen LogP contribution in [0, 0.1) is 11.3 Å². The van der Waals surface area contributed by atoms with E-state index >= 15 is 0 Å². The molecular formula is C27H23N3O7S2.